The molecule has 2 unspecified atom stereocenters. The summed E-state index contributed by atoms with van der Waals surface area (Å²) in [6.45, 7) is 0. The van der Waals surface area contributed by atoms with E-state index in [1.807, 2.05) is 0 Å². The third-order valence-electron chi connectivity index (χ3n) is 2.95. The van der Waals surface area contributed by atoms with Crippen LogP contribution in [0, 0.1) is 5.92 Å². The maximum atomic E-state index is 10.8. The Balaban J connectivity index is 1.95. The zero-order valence-corrected chi connectivity index (χ0v) is 9.59. The molecular formula is C11H15N3O3. The molecule has 2 rings (SSSR count). The molecule has 0 saturated heterocycles. The number of rotatable bonds is 4. The summed E-state index contributed by atoms with van der Waals surface area (Å²) >= 11 is 0. The highest BCUT2D eigenvalue weighted by Crippen LogP contribution is 2.27. The average molecular weight is 237 g/mol. The van der Waals surface area contributed by atoms with Crippen molar-refractivity contribution in [2.45, 2.75) is 25.3 Å². The molecule has 2 N–H and O–H groups in total. The van der Waals surface area contributed by atoms with E-state index in [1.165, 1.54) is 0 Å². The van der Waals surface area contributed by atoms with Crippen molar-refractivity contribution in [3.05, 3.63) is 12.3 Å². The Labute approximate surface area is 99.0 Å². The fourth-order valence-electron chi connectivity index (χ4n) is 2.04. The van der Waals surface area contributed by atoms with Crippen molar-refractivity contribution in [3.8, 4) is 5.88 Å². The van der Waals surface area contributed by atoms with E-state index in [9.17, 15) is 4.79 Å². The SMILES string of the molecule is COc1ccnc(NC2CCC(C(=O)O)C2)n1. The number of aromatic nitrogens is 2. The van der Waals surface area contributed by atoms with E-state index >= 15 is 0 Å². The zero-order chi connectivity index (χ0) is 12.3. The van der Waals surface area contributed by atoms with Gasteiger partial charge < -0.3 is 15.2 Å². The maximum absolute atomic E-state index is 10.8. The number of carboxylic acid groups (broad SMARTS) is 1. The van der Waals surface area contributed by atoms with Crippen LogP contribution in [-0.4, -0.2) is 34.2 Å². The normalized spacial score (nSPS) is 23.4. The number of carboxylic acids is 1. The molecule has 0 amide bonds. The van der Waals surface area contributed by atoms with Crippen LogP contribution in [0.1, 0.15) is 19.3 Å². The van der Waals surface area contributed by atoms with E-state index in [0.29, 0.717) is 24.7 Å². The molecular weight excluding hydrogens is 222 g/mol. The molecule has 6 nitrogen and oxygen atoms in total. The zero-order valence-electron chi connectivity index (χ0n) is 9.59. The Kier molecular flexibility index (Phi) is 3.41. The number of carbonyl (C=O) groups is 1. The lowest BCUT2D eigenvalue weighted by molar-refractivity contribution is -0.141. The number of aliphatic carboxylic acids is 1. The topological polar surface area (TPSA) is 84.3 Å². The summed E-state index contributed by atoms with van der Waals surface area (Å²) in [5, 5.41) is 12.0. The van der Waals surface area contributed by atoms with Crippen LogP contribution in [0.5, 0.6) is 5.88 Å². The predicted octanol–water partition coefficient (Wildman–Crippen LogP) is 1.15. The molecule has 1 aromatic heterocycles. The maximum Gasteiger partial charge on any atom is 0.306 e. The van der Waals surface area contributed by atoms with Crippen molar-refractivity contribution < 1.29 is 14.6 Å². The molecule has 1 saturated carbocycles. The summed E-state index contributed by atoms with van der Waals surface area (Å²) in [4.78, 5) is 19.0. The molecule has 92 valence electrons. The van der Waals surface area contributed by atoms with Crippen molar-refractivity contribution >= 4 is 11.9 Å². The highest BCUT2D eigenvalue weighted by atomic mass is 16.5. The first-order chi connectivity index (χ1) is 8.19. The number of hydrogen-bond acceptors (Lipinski definition) is 5. The van der Waals surface area contributed by atoms with Crippen molar-refractivity contribution in [1.82, 2.24) is 9.97 Å². The van der Waals surface area contributed by atoms with Gasteiger partial charge in [0, 0.05) is 18.3 Å². The Hall–Kier alpha value is -1.85. The van der Waals surface area contributed by atoms with Crippen LogP contribution in [0.2, 0.25) is 0 Å². The number of nitrogens with one attached hydrogen (secondary N) is 1. The van der Waals surface area contributed by atoms with Gasteiger partial charge in [-0.25, -0.2) is 4.98 Å². The predicted molar refractivity (Wildman–Crippen MR) is 61.0 cm³/mol. The van der Waals surface area contributed by atoms with Gasteiger partial charge in [-0.15, -0.1) is 0 Å². The van der Waals surface area contributed by atoms with Gasteiger partial charge in [0.1, 0.15) is 0 Å². The van der Waals surface area contributed by atoms with Gasteiger partial charge in [-0.1, -0.05) is 0 Å². The van der Waals surface area contributed by atoms with Crippen LogP contribution in [0.15, 0.2) is 12.3 Å². The number of ether oxygens (including phenoxy) is 1. The van der Waals surface area contributed by atoms with Gasteiger partial charge in [-0.3, -0.25) is 4.79 Å². The Morgan fingerprint density at radius 2 is 2.41 bits per heavy atom. The lowest BCUT2D eigenvalue weighted by atomic mass is 10.1. The molecule has 2 atom stereocenters. The molecule has 1 aliphatic carbocycles. The van der Waals surface area contributed by atoms with Gasteiger partial charge in [0.25, 0.3) is 0 Å². The van der Waals surface area contributed by atoms with Gasteiger partial charge in [-0.2, -0.15) is 4.98 Å². The van der Waals surface area contributed by atoms with Gasteiger partial charge >= 0.3 is 5.97 Å². The van der Waals surface area contributed by atoms with Gasteiger partial charge in [0.15, 0.2) is 0 Å². The average Bonchev–Trinajstić information content (AvgIpc) is 2.78. The van der Waals surface area contributed by atoms with E-state index in [0.717, 1.165) is 6.42 Å². The van der Waals surface area contributed by atoms with Crippen molar-refractivity contribution in [1.29, 1.82) is 0 Å². The van der Waals surface area contributed by atoms with Crippen molar-refractivity contribution in [2.75, 3.05) is 12.4 Å². The van der Waals surface area contributed by atoms with Crippen LogP contribution >= 0.6 is 0 Å². The van der Waals surface area contributed by atoms with Gasteiger partial charge in [-0.05, 0) is 19.3 Å². The minimum absolute atomic E-state index is 0.128. The van der Waals surface area contributed by atoms with E-state index in [4.69, 9.17) is 9.84 Å². The van der Waals surface area contributed by atoms with E-state index in [1.54, 1.807) is 19.4 Å². The summed E-state index contributed by atoms with van der Waals surface area (Å²) < 4.78 is 4.99. The first kappa shape index (κ1) is 11.6. The highest BCUT2D eigenvalue weighted by molar-refractivity contribution is 5.70. The third-order valence-corrected chi connectivity index (χ3v) is 2.95. The third kappa shape index (κ3) is 2.83. The molecule has 6 heteroatoms. The highest BCUT2D eigenvalue weighted by Gasteiger charge is 2.29. The van der Waals surface area contributed by atoms with Gasteiger partial charge in [0.05, 0.1) is 13.0 Å². The van der Waals surface area contributed by atoms with Crippen LogP contribution in [0.4, 0.5) is 5.95 Å². The largest absolute Gasteiger partial charge is 0.481 e. The fourth-order valence-corrected chi connectivity index (χ4v) is 2.04. The molecule has 0 aliphatic heterocycles. The van der Waals surface area contributed by atoms with E-state index in [-0.39, 0.29) is 12.0 Å². The Bertz CT molecular complexity index is 411. The van der Waals surface area contributed by atoms with Crippen molar-refractivity contribution in [2.24, 2.45) is 5.92 Å². The van der Waals surface area contributed by atoms with E-state index < -0.39 is 5.97 Å². The van der Waals surface area contributed by atoms with Crippen LogP contribution in [0.25, 0.3) is 0 Å². The van der Waals surface area contributed by atoms with E-state index in [2.05, 4.69) is 15.3 Å². The fraction of sp³-hybridized carbons (Fsp3) is 0.545. The number of nitrogens with zero attached hydrogens (tertiary/aromatic N) is 2. The summed E-state index contributed by atoms with van der Waals surface area (Å²) in [6, 6.07) is 1.79. The smallest absolute Gasteiger partial charge is 0.306 e. The second-order valence-corrected chi connectivity index (χ2v) is 4.11. The van der Waals surface area contributed by atoms with Crippen molar-refractivity contribution in [3.63, 3.8) is 0 Å². The molecule has 1 aliphatic rings. The van der Waals surface area contributed by atoms with Crippen LogP contribution in [-0.2, 0) is 4.79 Å². The molecule has 1 heterocycles. The number of anilines is 1. The summed E-state index contributed by atoms with van der Waals surface area (Å²) in [5.41, 5.74) is 0. The monoisotopic (exact) mass is 237 g/mol. The van der Waals surface area contributed by atoms with Crippen LogP contribution in [0.3, 0.4) is 0 Å². The quantitative estimate of drug-likeness (QED) is 0.817. The lowest BCUT2D eigenvalue weighted by Gasteiger charge is -2.12. The number of methoxy groups -OCH3 is 1. The molecule has 0 spiro atoms. The lowest BCUT2D eigenvalue weighted by Crippen LogP contribution is -2.19. The van der Waals surface area contributed by atoms with Crippen LogP contribution < -0.4 is 10.1 Å². The summed E-state index contributed by atoms with van der Waals surface area (Å²) in [7, 11) is 1.54. The molecule has 0 bridgehead atoms. The molecule has 17 heavy (non-hydrogen) atoms. The second kappa shape index (κ2) is 4.99. The minimum atomic E-state index is -0.721. The first-order valence-electron chi connectivity index (χ1n) is 5.55. The molecule has 0 radical (unpaired) electrons. The summed E-state index contributed by atoms with van der Waals surface area (Å²) in [5.74, 6) is 0.00892. The Morgan fingerprint density at radius 3 is 3.06 bits per heavy atom. The standard InChI is InChI=1S/C11H15N3O3/c1-17-9-4-5-12-11(14-9)13-8-3-2-7(6-8)10(15)16/h4-5,7-8H,2-3,6H2,1H3,(H,15,16)(H,12,13,14). The second-order valence-electron chi connectivity index (χ2n) is 4.11. The number of hydrogen-bond donors (Lipinski definition) is 2. The molecule has 1 aromatic rings. The Morgan fingerprint density at radius 1 is 1.59 bits per heavy atom. The first-order valence-corrected chi connectivity index (χ1v) is 5.55. The molecule has 0 aromatic carbocycles. The summed E-state index contributed by atoms with van der Waals surface area (Å²) in [6.07, 6.45) is 3.77. The molecule has 1 fully saturated rings. The van der Waals surface area contributed by atoms with Gasteiger partial charge in [0.2, 0.25) is 11.8 Å². The minimum Gasteiger partial charge on any atom is -0.481 e.